The van der Waals surface area contributed by atoms with Crippen LogP contribution in [0.3, 0.4) is 0 Å². The lowest BCUT2D eigenvalue weighted by Gasteiger charge is -2.29. The normalized spacial score (nSPS) is 14.5. The Hall–Kier alpha value is -4.68. The molecule has 0 unspecified atom stereocenters. The van der Waals surface area contributed by atoms with Crippen LogP contribution in [0.15, 0.2) is 66.9 Å². The molecule has 13 heteroatoms. The molecule has 0 spiro atoms. The Morgan fingerprint density at radius 3 is 2.17 bits per heavy atom. The number of nitrogens with zero attached hydrogens (tertiary/aromatic N) is 5. The molecule has 1 fully saturated rings. The fourth-order valence-electron chi connectivity index (χ4n) is 6.76. The minimum absolute atomic E-state index is 0.0290. The summed E-state index contributed by atoms with van der Waals surface area (Å²) in [6, 6.07) is 19.1. The van der Waals surface area contributed by atoms with Gasteiger partial charge in [-0.05, 0) is 64.1 Å². The highest BCUT2D eigenvalue weighted by molar-refractivity contribution is 6.39. The van der Waals surface area contributed by atoms with Crippen LogP contribution in [-0.2, 0) is 29.7 Å². The van der Waals surface area contributed by atoms with Gasteiger partial charge in [0.25, 0.3) is 0 Å². The molecule has 0 bridgehead atoms. The molecule has 0 aliphatic carbocycles. The van der Waals surface area contributed by atoms with Gasteiger partial charge in [-0.25, -0.2) is 14.8 Å². The van der Waals surface area contributed by atoms with Gasteiger partial charge in [-0.3, -0.25) is 9.69 Å². The number of carbonyl (C=O) groups excluding carboxylic acids is 2. The maximum absolute atomic E-state index is 13.3. The van der Waals surface area contributed by atoms with Crippen molar-refractivity contribution in [2.75, 3.05) is 33.9 Å². The molecule has 284 valence electrons. The van der Waals surface area contributed by atoms with Crippen LogP contribution in [0.5, 0.6) is 5.88 Å². The van der Waals surface area contributed by atoms with Crippen LogP contribution in [0, 0.1) is 0 Å². The van der Waals surface area contributed by atoms with E-state index >= 15 is 0 Å². The molecule has 4 heterocycles. The van der Waals surface area contributed by atoms with Crippen molar-refractivity contribution < 1.29 is 24.2 Å². The third kappa shape index (κ3) is 8.65. The summed E-state index contributed by atoms with van der Waals surface area (Å²) in [4.78, 5) is 38.7. The van der Waals surface area contributed by atoms with Crippen molar-refractivity contribution in [1.29, 1.82) is 0 Å². The highest BCUT2D eigenvalue weighted by atomic mass is 35.5. The van der Waals surface area contributed by atoms with Crippen molar-refractivity contribution in [3.8, 4) is 39.5 Å². The monoisotopic (exact) mass is 772 g/mol. The third-order valence-electron chi connectivity index (χ3n) is 9.34. The Morgan fingerprint density at radius 1 is 0.944 bits per heavy atom. The van der Waals surface area contributed by atoms with Gasteiger partial charge in [0.05, 0.1) is 41.7 Å². The summed E-state index contributed by atoms with van der Waals surface area (Å²) in [6.07, 6.45) is 2.64. The van der Waals surface area contributed by atoms with E-state index in [1.807, 2.05) is 94.0 Å². The fourth-order valence-corrected chi connectivity index (χ4v) is 7.41. The standard InChI is InChI=1S/C41H46Cl2N6O5/c1-41(2,3)54-40(52)49(24-27-14-18-35(51)44-27)23-25-13-16-34(46-39(25)53-6)32-12-8-10-30(37(32)43)29-9-7-11-31(36(29)42)33-17-15-28-26(21-47(4)19-20-50)22-48(5)38(28)45-33/h7-13,15-17,22,27,50H,14,18-21,23-24H2,1-6H3,(H,44,51)/t27-/m0/s1. The second-order valence-electron chi connectivity index (χ2n) is 14.7. The number of rotatable bonds is 12. The van der Waals surface area contributed by atoms with Crippen molar-refractivity contribution in [3.05, 3.63) is 88.0 Å². The first-order chi connectivity index (χ1) is 25.8. The van der Waals surface area contributed by atoms with Gasteiger partial charge in [0, 0.05) is 78.5 Å². The quantitative estimate of drug-likeness (QED) is 0.132. The second-order valence-corrected chi connectivity index (χ2v) is 15.4. The molecular formula is C41H46Cl2N6O5. The number of ether oxygens (including phenoxy) is 2. The van der Waals surface area contributed by atoms with Crippen molar-refractivity contribution in [1.82, 2.24) is 29.7 Å². The number of hydrogen-bond donors (Lipinski definition) is 2. The summed E-state index contributed by atoms with van der Waals surface area (Å²) >= 11 is 14.3. The van der Waals surface area contributed by atoms with E-state index in [9.17, 15) is 14.7 Å². The minimum atomic E-state index is -0.695. The minimum Gasteiger partial charge on any atom is -0.481 e. The van der Waals surface area contributed by atoms with E-state index in [1.165, 1.54) is 7.11 Å². The lowest BCUT2D eigenvalue weighted by Crippen LogP contribution is -2.43. The maximum atomic E-state index is 13.3. The van der Waals surface area contributed by atoms with Gasteiger partial charge < -0.3 is 29.4 Å². The molecule has 1 aliphatic heterocycles. The van der Waals surface area contributed by atoms with Crippen molar-refractivity contribution in [2.24, 2.45) is 7.05 Å². The Labute approximate surface area is 325 Å². The molecule has 0 radical (unpaired) electrons. The number of pyridine rings is 2. The highest BCUT2D eigenvalue weighted by Crippen LogP contribution is 2.42. The number of carbonyl (C=O) groups is 2. The van der Waals surface area contributed by atoms with Gasteiger partial charge in [0.2, 0.25) is 11.8 Å². The number of benzene rings is 2. The van der Waals surface area contributed by atoms with Crippen LogP contribution in [-0.4, -0.2) is 86.9 Å². The number of halogens is 2. The zero-order valence-electron chi connectivity index (χ0n) is 31.5. The Balaban J connectivity index is 1.29. The van der Waals surface area contributed by atoms with Crippen LogP contribution in [0.1, 0.15) is 44.7 Å². The molecule has 5 aromatic rings. The summed E-state index contributed by atoms with van der Waals surface area (Å²) in [7, 11) is 5.49. The summed E-state index contributed by atoms with van der Waals surface area (Å²) in [5.41, 5.74) is 6.19. The zero-order valence-corrected chi connectivity index (χ0v) is 33.0. The third-order valence-corrected chi connectivity index (χ3v) is 10.2. The van der Waals surface area contributed by atoms with E-state index in [-0.39, 0.29) is 31.6 Å². The first-order valence-electron chi connectivity index (χ1n) is 17.9. The number of fused-ring (bicyclic) bond motifs is 1. The van der Waals surface area contributed by atoms with E-state index in [1.54, 1.807) is 4.90 Å². The van der Waals surface area contributed by atoms with E-state index in [2.05, 4.69) is 22.5 Å². The van der Waals surface area contributed by atoms with Crippen LogP contribution in [0.25, 0.3) is 44.7 Å². The topological polar surface area (TPSA) is 122 Å². The predicted octanol–water partition coefficient (Wildman–Crippen LogP) is 7.72. The summed E-state index contributed by atoms with van der Waals surface area (Å²) in [5.74, 6) is 0.307. The average molecular weight is 774 g/mol. The van der Waals surface area contributed by atoms with Crippen molar-refractivity contribution in [2.45, 2.75) is 58.3 Å². The number of aryl methyl sites for hydroxylation is 1. The molecule has 3 aromatic heterocycles. The Kier molecular flexibility index (Phi) is 11.8. The van der Waals surface area contributed by atoms with Crippen LogP contribution < -0.4 is 10.1 Å². The molecule has 11 nitrogen and oxygen atoms in total. The van der Waals surface area contributed by atoms with Gasteiger partial charge in [0.15, 0.2) is 0 Å². The average Bonchev–Trinajstić information content (AvgIpc) is 3.68. The maximum Gasteiger partial charge on any atom is 0.410 e. The number of aliphatic hydroxyl groups is 1. The van der Waals surface area contributed by atoms with Crippen LogP contribution >= 0.6 is 23.2 Å². The molecule has 2 amide bonds. The predicted molar refractivity (Wildman–Crippen MR) is 213 cm³/mol. The van der Waals surface area contributed by atoms with Gasteiger partial charge in [-0.1, -0.05) is 59.6 Å². The van der Waals surface area contributed by atoms with Crippen molar-refractivity contribution in [3.63, 3.8) is 0 Å². The first kappa shape index (κ1) is 39.0. The lowest BCUT2D eigenvalue weighted by atomic mass is 9.98. The van der Waals surface area contributed by atoms with E-state index in [0.717, 1.165) is 39.0 Å². The van der Waals surface area contributed by atoms with Gasteiger partial charge >= 0.3 is 6.09 Å². The van der Waals surface area contributed by atoms with Crippen molar-refractivity contribution >= 4 is 46.2 Å². The molecule has 54 heavy (non-hydrogen) atoms. The molecular weight excluding hydrogens is 727 g/mol. The smallest absolute Gasteiger partial charge is 0.410 e. The van der Waals surface area contributed by atoms with Gasteiger partial charge in [-0.15, -0.1) is 0 Å². The molecule has 1 atom stereocenters. The SMILES string of the molecule is COc1nc(-c2cccc(-c3cccc(-c4ccc5c(CN(C)CCO)cn(C)c5n4)c3Cl)c2Cl)ccc1CN(C[C@@H]1CCC(=O)N1)C(=O)OC(C)(C)C. The largest absolute Gasteiger partial charge is 0.481 e. The molecule has 6 rings (SSSR count). The van der Waals surface area contributed by atoms with Crippen LogP contribution in [0.4, 0.5) is 4.79 Å². The number of amides is 2. The Bertz CT molecular complexity index is 2180. The number of hydrogen-bond acceptors (Lipinski definition) is 8. The van der Waals surface area contributed by atoms with E-state index < -0.39 is 11.7 Å². The number of methoxy groups -OCH3 is 1. The van der Waals surface area contributed by atoms with E-state index in [4.69, 9.17) is 42.6 Å². The summed E-state index contributed by atoms with van der Waals surface area (Å²) < 4.78 is 13.5. The molecule has 1 aliphatic rings. The number of nitrogens with one attached hydrogen (secondary N) is 1. The molecule has 0 saturated carbocycles. The Morgan fingerprint density at radius 2 is 1.57 bits per heavy atom. The van der Waals surface area contributed by atoms with Gasteiger partial charge in [-0.2, -0.15) is 0 Å². The molecule has 2 N–H and O–H groups in total. The molecule has 2 aromatic carbocycles. The first-order valence-corrected chi connectivity index (χ1v) is 18.7. The number of aliphatic hydroxyl groups excluding tert-OH is 1. The molecule has 1 saturated heterocycles. The zero-order chi connectivity index (χ0) is 38.7. The number of aromatic nitrogens is 3. The lowest BCUT2D eigenvalue weighted by molar-refractivity contribution is -0.119. The highest BCUT2D eigenvalue weighted by Gasteiger charge is 2.29. The summed E-state index contributed by atoms with van der Waals surface area (Å²) in [5, 5.41) is 14.3. The fraction of sp³-hybridized carbons (Fsp3) is 0.366. The van der Waals surface area contributed by atoms with Crippen LogP contribution in [0.2, 0.25) is 10.0 Å². The second kappa shape index (κ2) is 16.4. The van der Waals surface area contributed by atoms with E-state index in [0.29, 0.717) is 58.7 Å². The number of likely N-dealkylation sites (N-methyl/N-ethyl adjacent to an activating group) is 1. The van der Waals surface area contributed by atoms with Gasteiger partial charge in [0.1, 0.15) is 11.2 Å². The summed E-state index contributed by atoms with van der Waals surface area (Å²) in [6.45, 7) is 7.28.